The first-order valence-electron chi connectivity index (χ1n) is 8.31. The number of likely N-dealkylation sites (tertiary alicyclic amines) is 1. The monoisotopic (exact) mass is 412 g/mol. The fourth-order valence-corrected chi connectivity index (χ4v) is 3.43. The number of alkyl halides is 1. The molecule has 2 aromatic heterocycles. The van der Waals surface area contributed by atoms with Crippen molar-refractivity contribution in [1.29, 1.82) is 0 Å². The van der Waals surface area contributed by atoms with Crippen LogP contribution in [0.1, 0.15) is 33.6 Å². The number of hydrogen-bond acceptors (Lipinski definition) is 4. The van der Waals surface area contributed by atoms with Crippen molar-refractivity contribution >= 4 is 33.1 Å². The molecule has 3 heterocycles. The quantitative estimate of drug-likeness (QED) is 0.749. The third-order valence-corrected chi connectivity index (χ3v) is 4.79. The second-order valence-electron chi connectivity index (χ2n) is 7.44. The van der Waals surface area contributed by atoms with Gasteiger partial charge in [0.2, 0.25) is 0 Å². The van der Waals surface area contributed by atoms with Gasteiger partial charge >= 0.3 is 6.09 Å². The van der Waals surface area contributed by atoms with E-state index in [1.165, 1.54) is 0 Å². The minimum Gasteiger partial charge on any atom is -0.444 e. The summed E-state index contributed by atoms with van der Waals surface area (Å²) >= 11 is 3.39. The van der Waals surface area contributed by atoms with Crippen molar-refractivity contribution in [2.75, 3.05) is 13.1 Å². The first-order valence-corrected chi connectivity index (χ1v) is 9.10. The van der Waals surface area contributed by atoms with Crippen LogP contribution >= 0.6 is 15.9 Å². The highest BCUT2D eigenvalue weighted by Gasteiger charge is 2.38. The van der Waals surface area contributed by atoms with Crippen LogP contribution in [0.15, 0.2) is 22.9 Å². The Morgan fingerprint density at radius 1 is 1.40 bits per heavy atom. The van der Waals surface area contributed by atoms with E-state index in [2.05, 4.69) is 26.0 Å². The van der Waals surface area contributed by atoms with Crippen LogP contribution in [0.4, 0.5) is 9.18 Å². The number of hydrogen-bond donors (Lipinski definition) is 0. The molecule has 2 aromatic rings. The molecule has 6 nitrogen and oxygen atoms in total. The molecule has 0 bridgehead atoms. The van der Waals surface area contributed by atoms with Crippen LogP contribution in [0.5, 0.6) is 0 Å². The topological polar surface area (TPSA) is 60.2 Å². The number of rotatable bonds is 2. The number of pyridine rings is 1. The van der Waals surface area contributed by atoms with Gasteiger partial charge in [-0.15, -0.1) is 0 Å². The lowest BCUT2D eigenvalue weighted by Crippen LogP contribution is -2.47. The van der Waals surface area contributed by atoms with E-state index in [9.17, 15) is 4.79 Å². The lowest BCUT2D eigenvalue weighted by atomic mass is 9.93. The fourth-order valence-electron chi connectivity index (χ4n) is 2.92. The number of piperidine rings is 1. The summed E-state index contributed by atoms with van der Waals surface area (Å²) in [6, 6.07) is 3.72. The molecule has 0 saturated carbocycles. The van der Waals surface area contributed by atoms with Gasteiger partial charge in [0, 0.05) is 32.1 Å². The summed E-state index contributed by atoms with van der Waals surface area (Å²) in [5.41, 5.74) is -1.32. The minimum atomic E-state index is -1.42. The molecular formula is C17H22BrFN4O2. The summed E-state index contributed by atoms with van der Waals surface area (Å²) in [5, 5.41) is 5.22. The largest absolute Gasteiger partial charge is 0.444 e. The van der Waals surface area contributed by atoms with Crippen molar-refractivity contribution in [1.82, 2.24) is 19.7 Å². The summed E-state index contributed by atoms with van der Waals surface area (Å²) in [4.78, 5) is 18.0. The van der Waals surface area contributed by atoms with Gasteiger partial charge in [-0.25, -0.2) is 18.9 Å². The van der Waals surface area contributed by atoms with Gasteiger partial charge in [-0.3, -0.25) is 0 Å². The maximum absolute atomic E-state index is 15.3. The highest BCUT2D eigenvalue weighted by molar-refractivity contribution is 9.10. The van der Waals surface area contributed by atoms with E-state index in [0.29, 0.717) is 23.3 Å². The number of amides is 1. The zero-order chi connectivity index (χ0) is 18.2. The highest BCUT2D eigenvalue weighted by Crippen LogP contribution is 2.31. The van der Waals surface area contributed by atoms with Gasteiger partial charge in [0.1, 0.15) is 15.9 Å². The molecule has 25 heavy (non-hydrogen) atoms. The van der Waals surface area contributed by atoms with Crippen LogP contribution in [0.25, 0.3) is 11.0 Å². The smallest absolute Gasteiger partial charge is 0.410 e. The molecule has 0 aliphatic carbocycles. The van der Waals surface area contributed by atoms with Crippen molar-refractivity contribution in [3.05, 3.63) is 22.9 Å². The van der Waals surface area contributed by atoms with Crippen molar-refractivity contribution in [3.63, 3.8) is 0 Å². The molecule has 136 valence electrons. The molecule has 0 aromatic carbocycles. The lowest BCUT2D eigenvalue weighted by Gasteiger charge is -2.36. The second kappa shape index (κ2) is 6.55. The minimum absolute atomic E-state index is 0.119. The average Bonchev–Trinajstić information content (AvgIpc) is 2.82. The Hall–Kier alpha value is -1.70. The normalized spacial score (nSPS) is 17.7. The number of ether oxygens (including phenoxy) is 1. The average molecular weight is 413 g/mol. The van der Waals surface area contributed by atoms with Crippen molar-refractivity contribution < 1.29 is 13.9 Å². The van der Waals surface area contributed by atoms with Crippen molar-refractivity contribution in [2.24, 2.45) is 0 Å². The number of nitrogens with zero attached hydrogens (tertiary/aromatic N) is 4. The number of fused-ring (bicyclic) bond motifs is 1. The van der Waals surface area contributed by atoms with Crippen molar-refractivity contribution in [2.45, 2.75) is 51.4 Å². The SMILES string of the molecule is CC(C)(C)OC(=O)N1CCC(F)(Cn2nc(Br)c3cccnc32)CC1. The molecule has 0 unspecified atom stereocenters. The predicted molar refractivity (Wildman–Crippen MR) is 96.1 cm³/mol. The molecule has 0 N–H and O–H groups in total. The van der Waals surface area contributed by atoms with E-state index < -0.39 is 11.3 Å². The van der Waals surface area contributed by atoms with Crippen LogP contribution < -0.4 is 0 Å². The number of aromatic nitrogens is 3. The maximum atomic E-state index is 15.3. The first-order chi connectivity index (χ1) is 11.7. The Balaban J connectivity index is 1.67. The first kappa shape index (κ1) is 18.1. The summed E-state index contributed by atoms with van der Waals surface area (Å²) in [6.07, 6.45) is 1.78. The third kappa shape index (κ3) is 4.11. The molecule has 1 fully saturated rings. The van der Waals surface area contributed by atoms with Crippen LogP contribution in [0.2, 0.25) is 0 Å². The summed E-state index contributed by atoms with van der Waals surface area (Å²) in [5.74, 6) is 0. The van der Waals surface area contributed by atoms with Gasteiger partial charge in [0.05, 0.1) is 11.9 Å². The molecular weight excluding hydrogens is 391 g/mol. The molecule has 1 amide bonds. The van der Waals surface area contributed by atoms with E-state index in [1.54, 1.807) is 15.8 Å². The van der Waals surface area contributed by atoms with Gasteiger partial charge in [-0.2, -0.15) is 5.10 Å². The van der Waals surface area contributed by atoms with E-state index in [1.807, 2.05) is 32.9 Å². The predicted octanol–water partition coefficient (Wildman–Crippen LogP) is 3.93. The van der Waals surface area contributed by atoms with Crippen LogP contribution in [-0.4, -0.2) is 50.1 Å². The van der Waals surface area contributed by atoms with E-state index in [4.69, 9.17) is 4.74 Å². The molecule has 1 saturated heterocycles. The fraction of sp³-hybridized carbons (Fsp3) is 0.588. The summed E-state index contributed by atoms with van der Waals surface area (Å²) in [7, 11) is 0. The lowest BCUT2D eigenvalue weighted by molar-refractivity contribution is -0.00110. The Labute approximate surface area is 154 Å². The standard InChI is InChI=1S/C17H22BrFN4O2/c1-16(2,3)25-15(24)22-9-6-17(19,7-10-22)11-23-14-12(13(18)21-23)5-4-8-20-14/h4-5,8H,6-7,9-11H2,1-3H3. The van der Waals surface area contributed by atoms with Crippen LogP contribution in [-0.2, 0) is 11.3 Å². The van der Waals surface area contributed by atoms with Gasteiger partial charge in [-0.1, -0.05) is 0 Å². The zero-order valence-electron chi connectivity index (χ0n) is 14.6. The molecule has 1 aliphatic heterocycles. The molecule has 1 aliphatic rings. The molecule has 0 atom stereocenters. The summed E-state index contributed by atoms with van der Waals surface area (Å²) < 4.78 is 22.9. The Morgan fingerprint density at radius 2 is 2.08 bits per heavy atom. The van der Waals surface area contributed by atoms with Gasteiger partial charge in [0.15, 0.2) is 5.65 Å². The number of halogens is 2. The van der Waals surface area contributed by atoms with Gasteiger partial charge in [-0.05, 0) is 48.8 Å². The number of carbonyl (C=O) groups is 1. The van der Waals surface area contributed by atoms with Gasteiger partial charge in [0.25, 0.3) is 0 Å². The van der Waals surface area contributed by atoms with E-state index >= 15 is 4.39 Å². The maximum Gasteiger partial charge on any atom is 0.410 e. The van der Waals surface area contributed by atoms with E-state index in [0.717, 1.165) is 5.39 Å². The van der Waals surface area contributed by atoms with Crippen LogP contribution in [0.3, 0.4) is 0 Å². The Kier molecular flexibility index (Phi) is 4.74. The Morgan fingerprint density at radius 3 is 2.72 bits per heavy atom. The molecule has 8 heteroatoms. The van der Waals surface area contributed by atoms with Gasteiger partial charge < -0.3 is 9.64 Å². The zero-order valence-corrected chi connectivity index (χ0v) is 16.2. The molecule has 3 rings (SSSR count). The molecule has 0 spiro atoms. The Bertz CT molecular complexity index is 779. The van der Waals surface area contributed by atoms with E-state index in [-0.39, 0.29) is 25.5 Å². The number of carbonyl (C=O) groups excluding carboxylic acids is 1. The third-order valence-electron chi connectivity index (χ3n) is 4.21. The van der Waals surface area contributed by atoms with Crippen molar-refractivity contribution in [3.8, 4) is 0 Å². The van der Waals surface area contributed by atoms with Crippen LogP contribution in [0, 0.1) is 0 Å². The molecule has 0 radical (unpaired) electrons. The second-order valence-corrected chi connectivity index (χ2v) is 8.19. The summed E-state index contributed by atoms with van der Waals surface area (Å²) in [6.45, 7) is 6.25. The highest BCUT2D eigenvalue weighted by atomic mass is 79.9.